The van der Waals surface area contributed by atoms with Crippen LogP contribution in [0.4, 0.5) is 4.39 Å². The van der Waals surface area contributed by atoms with Crippen LogP contribution in [0.5, 0.6) is 0 Å². The minimum absolute atomic E-state index is 0. The lowest BCUT2D eigenvalue weighted by atomic mass is 10.1. The number of nitrogens with one attached hydrogen (secondary N) is 1. The molecule has 94 valence electrons. The van der Waals surface area contributed by atoms with Gasteiger partial charge in [0.15, 0.2) is 0 Å². The maximum Gasteiger partial charge on any atom is 0.240 e. The maximum atomic E-state index is 13.2. The smallest absolute Gasteiger partial charge is 0.240 e. The largest absolute Gasteiger partial charge is 0.350 e. The van der Waals surface area contributed by atoms with Crippen LogP contribution < -0.4 is 11.1 Å². The van der Waals surface area contributed by atoms with Crippen LogP contribution >= 0.6 is 12.4 Å². The first-order valence-corrected chi connectivity index (χ1v) is 5.33. The van der Waals surface area contributed by atoms with Gasteiger partial charge in [0.05, 0.1) is 5.54 Å². The van der Waals surface area contributed by atoms with Gasteiger partial charge >= 0.3 is 0 Å². The Kier molecular flexibility index (Phi) is 4.11. The quantitative estimate of drug-likeness (QED) is 0.867. The zero-order chi connectivity index (χ0) is 11.8. The molecular formula is C12H16ClFN2O. The van der Waals surface area contributed by atoms with Crippen molar-refractivity contribution in [2.75, 3.05) is 0 Å². The van der Waals surface area contributed by atoms with Crippen LogP contribution in [0, 0.1) is 12.7 Å². The summed E-state index contributed by atoms with van der Waals surface area (Å²) >= 11 is 0. The first-order chi connectivity index (χ1) is 7.51. The van der Waals surface area contributed by atoms with Crippen molar-refractivity contribution in [3.63, 3.8) is 0 Å². The number of hydrogen-bond donors (Lipinski definition) is 2. The Morgan fingerprint density at radius 1 is 1.53 bits per heavy atom. The van der Waals surface area contributed by atoms with E-state index in [1.165, 1.54) is 6.07 Å². The van der Waals surface area contributed by atoms with Crippen molar-refractivity contribution in [2.45, 2.75) is 31.8 Å². The Bertz CT molecular complexity index is 433. The van der Waals surface area contributed by atoms with Crippen molar-refractivity contribution in [3.8, 4) is 0 Å². The van der Waals surface area contributed by atoms with Crippen LogP contribution in [0.2, 0.25) is 0 Å². The van der Waals surface area contributed by atoms with E-state index >= 15 is 0 Å². The predicted molar refractivity (Wildman–Crippen MR) is 66.4 cm³/mol. The third kappa shape index (κ3) is 3.17. The van der Waals surface area contributed by atoms with Gasteiger partial charge in [-0.05, 0) is 37.0 Å². The molecule has 0 spiro atoms. The summed E-state index contributed by atoms with van der Waals surface area (Å²) in [6, 6.07) is 4.94. The van der Waals surface area contributed by atoms with E-state index < -0.39 is 5.54 Å². The van der Waals surface area contributed by atoms with Gasteiger partial charge in [-0.25, -0.2) is 4.39 Å². The summed E-state index contributed by atoms with van der Waals surface area (Å²) in [5, 5.41) is 2.72. The van der Waals surface area contributed by atoms with Crippen LogP contribution in [-0.2, 0) is 11.3 Å². The van der Waals surface area contributed by atoms with E-state index in [9.17, 15) is 9.18 Å². The average Bonchev–Trinajstić information content (AvgIpc) is 2.99. The minimum Gasteiger partial charge on any atom is -0.350 e. The van der Waals surface area contributed by atoms with Gasteiger partial charge < -0.3 is 11.1 Å². The SMILES string of the molecule is Cc1ccc(CNC(=O)C2(N)CC2)cc1F.Cl. The molecule has 1 saturated carbocycles. The fourth-order valence-electron chi connectivity index (χ4n) is 1.47. The van der Waals surface area contributed by atoms with Crippen molar-refractivity contribution in [1.82, 2.24) is 5.32 Å². The summed E-state index contributed by atoms with van der Waals surface area (Å²) in [6.07, 6.45) is 1.47. The number of amides is 1. The lowest BCUT2D eigenvalue weighted by Gasteiger charge is -2.10. The first-order valence-electron chi connectivity index (χ1n) is 5.33. The predicted octanol–water partition coefficient (Wildman–Crippen LogP) is 1.66. The molecular weight excluding hydrogens is 243 g/mol. The minimum atomic E-state index is -0.663. The zero-order valence-corrected chi connectivity index (χ0v) is 10.4. The van der Waals surface area contributed by atoms with Gasteiger partial charge in [0.25, 0.3) is 0 Å². The molecule has 1 amide bonds. The zero-order valence-electron chi connectivity index (χ0n) is 9.63. The number of aryl methyl sites for hydroxylation is 1. The summed E-state index contributed by atoms with van der Waals surface area (Å²) in [4.78, 5) is 11.5. The maximum absolute atomic E-state index is 13.2. The number of carbonyl (C=O) groups is 1. The highest BCUT2D eigenvalue weighted by Crippen LogP contribution is 2.32. The van der Waals surface area contributed by atoms with Crippen molar-refractivity contribution < 1.29 is 9.18 Å². The van der Waals surface area contributed by atoms with Gasteiger partial charge in [-0.2, -0.15) is 0 Å². The van der Waals surface area contributed by atoms with Crippen molar-refractivity contribution in [1.29, 1.82) is 0 Å². The fraction of sp³-hybridized carbons (Fsp3) is 0.417. The van der Waals surface area contributed by atoms with Crippen LogP contribution in [0.15, 0.2) is 18.2 Å². The van der Waals surface area contributed by atoms with Gasteiger partial charge in [-0.3, -0.25) is 4.79 Å². The Morgan fingerprint density at radius 2 is 2.18 bits per heavy atom. The van der Waals surface area contributed by atoms with Gasteiger partial charge in [-0.15, -0.1) is 12.4 Å². The molecule has 1 aliphatic carbocycles. The summed E-state index contributed by atoms with van der Waals surface area (Å²) in [6.45, 7) is 2.03. The Morgan fingerprint density at radius 3 is 2.71 bits per heavy atom. The van der Waals surface area contributed by atoms with Gasteiger partial charge in [-0.1, -0.05) is 12.1 Å². The number of nitrogens with two attached hydrogens (primary N) is 1. The van der Waals surface area contributed by atoms with Gasteiger partial charge in [0.2, 0.25) is 5.91 Å². The molecule has 1 fully saturated rings. The van der Waals surface area contributed by atoms with Crippen molar-refractivity contribution in [3.05, 3.63) is 35.1 Å². The summed E-state index contributed by atoms with van der Waals surface area (Å²) in [5.74, 6) is -0.394. The molecule has 0 bridgehead atoms. The topological polar surface area (TPSA) is 55.1 Å². The molecule has 17 heavy (non-hydrogen) atoms. The summed E-state index contributed by atoms with van der Waals surface area (Å²) in [5.41, 5.74) is 6.41. The number of hydrogen-bond acceptors (Lipinski definition) is 2. The van der Waals surface area contributed by atoms with Crippen LogP contribution in [0.25, 0.3) is 0 Å². The number of benzene rings is 1. The normalized spacial score (nSPS) is 15.9. The third-order valence-corrected chi connectivity index (χ3v) is 2.93. The Hall–Kier alpha value is -1.13. The third-order valence-electron chi connectivity index (χ3n) is 2.93. The van der Waals surface area contributed by atoms with E-state index in [1.54, 1.807) is 19.1 Å². The Balaban J connectivity index is 0.00000144. The molecule has 0 unspecified atom stereocenters. The molecule has 0 saturated heterocycles. The van der Waals surface area contributed by atoms with Crippen molar-refractivity contribution >= 4 is 18.3 Å². The number of halogens is 2. The molecule has 0 heterocycles. The average molecular weight is 259 g/mol. The second-order valence-corrected chi connectivity index (χ2v) is 4.42. The van der Waals surface area contributed by atoms with Gasteiger partial charge in [0, 0.05) is 6.54 Å². The molecule has 3 nitrogen and oxygen atoms in total. The summed E-state index contributed by atoms with van der Waals surface area (Å²) in [7, 11) is 0. The van der Waals surface area contributed by atoms with Crippen LogP contribution in [0.1, 0.15) is 24.0 Å². The second-order valence-electron chi connectivity index (χ2n) is 4.42. The molecule has 3 N–H and O–H groups in total. The highest BCUT2D eigenvalue weighted by molar-refractivity contribution is 5.88. The molecule has 0 atom stereocenters. The van der Waals surface area contributed by atoms with Crippen molar-refractivity contribution in [2.24, 2.45) is 5.73 Å². The molecule has 1 aromatic rings. The monoisotopic (exact) mass is 258 g/mol. The molecule has 5 heteroatoms. The van der Waals surface area contributed by atoms with Gasteiger partial charge in [0.1, 0.15) is 5.82 Å². The first kappa shape index (κ1) is 13.9. The lowest BCUT2D eigenvalue weighted by Crippen LogP contribution is -2.42. The highest BCUT2D eigenvalue weighted by Gasteiger charge is 2.45. The molecule has 0 aromatic heterocycles. The molecule has 1 aromatic carbocycles. The van der Waals surface area contributed by atoms with E-state index in [1.807, 2.05) is 0 Å². The van der Waals surface area contributed by atoms with E-state index in [-0.39, 0.29) is 24.1 Å². The standard InChI is InChI=1S/C12H15FN2O.ClH/c1-8-2-3-9(6-10(8)13)7-15-11(16)12(14)4-5-12;/h2-3,6H,4-5,7,14H2,1H3,(H,15,16);1H. The van der Waals surface area contributed by atoms with Crippen LogP contribution in [-0.4, -0.2) is 11.4 Å². The highest BCUT2D eigenvalue weighted by atomic mass is 35.5. The molecule has 1 aliphatic rings. The van der Waals surface area contributed by atoms with E-state index in [2.05, 4.69) is 5.32 Å². The summed E-state index contributed by atoms with van der Waals surface area (Å²) < 4.78 is 13.2. The number of carbonyl (C=O) groups excluding carboxylic acids is 1. The Labute approximate surface area is 106 Å². The molecule has 0 aliphatic heterocycles. The fourth-order valence-corrected chi connectivity index (χ4v) is 1.47. The van der Waals surface area contributed by atoms with Crippen LogP contribution in [0.3, 0.4) is 0 Å². The van der Waals surface area contributed by atoms with E-state index in [0.29, 0.717) is 12.1 Å². The molecule has 2 rings (SSSR count). The second kappa shape index (κ2) is 5.02. The van der Waals surface area contributed by atoms with E-state index in [0.717, 1.165) is 18.4 Å². The van der Waals surface area contributed by atoms with E-state index in [4.69, 9.17) is 5.73 Å². The lowest BCUT2D eigenvalue weighted by molar-refractivity contribution is -0.123. The molecule has 0 radical (unpaired) electrons. The number of rotatable bonds is 3.